The van der Waals surface area contributed by atoms with Crippen LogP contribution < -0.4 is 9.47 Å². The van der Waals surface area contributed by atoms with Crippen molar-refractivity contribution in [1.82, 2.24) is 0 Å². The van der Waals surface area contributed by atoms with Crippen LogP contribution in [-0.2, 0) is 0 Å². The molecule has 0 bridgehead atoms. The van der Waals surface area contributed by atoms with Crippen LogP contribution in [0.25, 0.3) is 5.76 Å². The highest BCUT2D eigenvalue weighted by molar-refractivity contribution is 5.61. The lowest BCUT2D eigenvalue weighted by Crippen LogP contribution is -1.94. The fourth-order valence-corrected chi connectivity index (χ4v) is 1.66. The third-order valence-electron chi connectivity index (χ3n) is 2.61. The molecule has 2 aromatic rings. The number of allylic oxidation sites excluding steroid dienone is 1. The summed E-state index contributed by atoms with van der Waals surface area (Å²) in [6.07, 6.45) is 1.96. The minimum Gasteiger partial charge on any atom is -0.497 e. The highest BCUT2D eigenvalue weighted by Gasteiger charge is 2.03. The van der Waals surface area contributed by atoms with Crippen LogP contribution in [0.3, 0.4) is 0 Å². The summed E-state index contributed by atoms with van der Waals surface area (Å²) in [6.45, 7) is 1.96. The molecule has 2 aromatic carbocycles. The predicted molar refractivity (Wildman–Crippen MR) is 73.7 cm³/mol. The second-order valence-corrected chi connectivity index (χ2v) is 3.80. The monoisotopic (exact) mass is 240 g/mol. The minimum atomic E-state index is 0.799. The van der Waals surface area contributed by atoms with Crippen LogP contribution in [0.1, 0.15) is 12.5 Å². The first-order valence-corrected chi connectivity index (χ1v) is 5.87. The molecule has 0 amide bonds. The number of rotatable bonds is 4. The van der Waals surface area contributed by atoms with Gasteiger partial charge in [0.05, 0.1) is 7.11 Å². The van der Waals surface area contributed by atoms with Crippen LogP contribution in [0.15, 0.2) is 60.7 Å². The molecule has 0 saturated heterocycles. The summed E-state index contributed by atoms with van der Waals surface area (Å²) in [6, 6.07) is 17.6. The summed E-state index contributed by atoms with van der Waals surface area (Å²) in [5, 5.41) is 0. The van der Waals surface area contributed by atoms with Crippen molar-refractivity contribution in [3.8, 4) is 11.5 Å². The van der Waals surface area contributed by atoms with E-state index < -0.39 is 0 Å². The normalized spacial score (nSPS) is 11.1. The number of methoxy groups -OCH3 is 1. The Hall–Kier alpha value is -2.22. The molecule has 2 nitrogen and oxygen atoms in total. The van der Waals surface area contributed by atoms with Gasteiger partial charge in [0.15, 0.2) is 0 Å². The largest absolute Gasteiger partial charge is 0.497 e. The molecule has 2 heteroatoms. The van der Waals surface area contributed by atoms with Crippen molar-refractivity contribution in [3.63, 3.8) is 0 Å². The van der Waals surface area contributed by atoms with Crippen molar-refractivity contribution >= 4 is 5.76 Å². The van der Waals surface area contributed by atoms with Gasteiger partial charge in [-0.05, 0) is 37.3 Å². The van der Waals surface area contributed by atoms with Crippen LogP contribution in [0.5, 0.6) is 11.5 Å². The van der Waals surface area contributed by atoms with Crippen molar-refractivity contribution < 1.29 is 9.47 Å². The molecule has 0 aliphatic carbocycles. The topological polar surface area (TPSA) is 18.5 Å². The van der Waals surface area contributed by atoms with Gasteiger partial charge in [-0.2, -0.15) is 0 Å². The number of hydrogen-bond acceptors (Lipinski definition) is 2. The summed E-state index contributed by atoms with van der Waals surface area (Å²) in [5.74, 6) is 2.47. The van der Waals surface area contributed by atoms with Crippen LogP contribution in [0, 0.1) is 0 Å². The molecule has 0 fully saturated rings. The van der Waals surface area contributed by atoms with Gasteiger partial charge < -0.3 is 9.47 Å². The van der Waals surface area contributed by atoms with E-state index in [1.54, 1.807) is 7.11 Å². The molecular formula is C16H16O2. The Morgan fingerprint density at radius 1 is 0.889 bits per heavy atom. The van der Waals surface area contributed by atoms with Crippen LogP contribution in [-0.4, -0.2) is 7.11 Å². The molecule has 0 aromatic heterocycles. The van der Waals surface area contributed by atoms with Gasteiger partial charge in [-0.25, -0.2) is 0 Å². The average molecular weight is 240 g/mol. The van der Waals surface area contributed by atoms with Crippen molar-refractivity contribution in [3.05, 3.63) is 66.2 Å². The van der Waals surface area contributed by atoms with Crippen molar-refractivity contribution in [2.24, 2.45) is 0 Å². The molecule has 0 radical (unpaired) electrons. The van der Waals surface area contributed by atoms with Crippen LogP contribution in [0.4, 0.5) is 0 Å². The van der Waals surface area contributed by atoms with Gasteiger partial charge in [0.2, 0.25) is 0 Å². The Labute approximate surface area is 107 Å². The molecular weight excluding hydrogens is 224 g/mol. The summed E-state index contributed by atoms with van der Waals surface area (Å²) >= 11 is 0. The SMILES string of the molecule is CC=C(Oc1ccc(OC)cc1)c1ccccc1. The first-order chi connectivity index (χ1) is 8.83. The molecule has 0 saturated carbocycles. The van der Waals surface area contributed by atoms with Crippen molar-refractivity contribution in [2.45, 2.75) is 6.92 Å². The van der Waals surface area contributed by atoms with E-state index in [4.69, 9.17) is 9.47 Å². The second kappa shape index (κ2) is 5.92. The smallest absolute Gasteiger partial charge is 0.130 e. The highest BCUT2D eigenvalue weighted by Crippen LogP contribution is 2.23. The summed E-state index contributed by atoms with van der Waals surface area (Å²) in [4.78, 5) is 0. The van der Waals surface area contributed by atoms with Gasteiger partial charge in [0.25, 0.3) is 0 Å². The van der Waals surface area contributed by atoms with Crippen LogP contribution >= 0.6 is 0 Å². The lowest BCUT2D eigenvalue weighted by Gasteiger charge is -2.10. The molecule has 2 rings (SSSR count). The highest BCUT2D eigenvalue weighted by atomic mass is 16.5. The van der Waals surface area contributed by atoms with E-state index in [-0.39, 0.29) is 0 Å². The van der Waals surface area contributed by atoms with Gasteiger partial charge in [-0.15, -0.1) is 0 Å². The Morgan fingerprint density at radius 3 is 2.06 bits per heavy atom. The zero-order valence-electron chi connectivity index (χ0n) is 10.6. The zero-order valence-corrected chi connectivity index (χ0v) is 10.6. The van der Waals surface area contributed by atoms with Crippen LogP contribution in [0.2, 0.25) is 0 Å². The van der Waals surface area contributed by atoms with E-state index in [9.17, 15) is 0 Å². The average Bonchev–Trinajstić information content (AvgIpc) is 2.46. The summed E-state index contributed by atoms with van der Waals surface area (Å²) < 4.78 is 11.0. The van der Waals surface area contributed by atoms with Crippen molar-refractivity contribution in [1.29, 1.82) is 0 Å². The molecule has 18 heavy (non-hydrogen) atoms. The fourth-order valence-electron chi connectivity index (χ4n) is 1.66. The van der Waals surface area contributed by atoms with Gasteiger partial charge in [-0.3, -0.25) is 0 Å². The minimum absolute atomic E-state index is 0.799. The number of benzene rings is 2. The van der Waals surface area contributed by atoms with E-state index in [1.807, 2.05) is 67.6 Å². The van der Waals surface area contributed by atoms with E-state index >= 15 is 0 Å². The Morgan fingerprint density at radius 2 is 1.50 bits per heavy atom. The quantitative estimate of drug-likeness (QED) is 0.748. The molecule has 0 atom stereocenters. The maximum absolute atomic E-state index is 5.85. The van der Waals surface area contributed by atoms with Gasteiger partial charge in [0, 0.05) is 5.56 Å². The predicted octanol–water partition coefficient (Wildman–Crippen LogP) is 4.14. The van der Waals surface area contributed by atoms with E-state index in [1.165, 1.54) is 0 Å². The summed E-state index contributed by atoms with van der Waals surface area (Å²) in [7, 11) is 1.65. The molecule has 0 unspecified atom stereocenters. The van der Waals surface area contributed by atoms with Gasteiger partial charge in [0.1, 0.15) is 17.3 Å². The first kappa shape index (κ1) is 12.2. The molecule has 0 aliphatic rings. The van der Waals surface area contributed by atoms with Crippen molar-refractivity contribution in [2.75, 3.05) is 7.11 Å². The zero-order chi connectivity index (χ0) is 12.8. The maximum Gasteiger partial charge on any atom is 0.130 e. The summed E-state index contributed by atoms with van der Waals surface area (Å²) in [5.41, 5.74) is 1.07. The van der Waals surface area contributed by atoms with E-state index in [0.29, 0.717) is 0 Å². The molecule has 0 N–H and O–H groups in total. The Kier molecular flexibility index (Phi) is 4.02. The number of hydrogen-bond donors (Lipinski definition) is 0. The molecule has 0 spiro atoms. The van der Waals surface area contributed by atoms with Gasteiger partial charge in [-0.1, -0.05) is 30.3 Å². The molecule has 0 heterocycles. The van der Waals surface area contributed by atoms with E-state index in [2.05, 4.69) is 0 Å². The second-order valence-electron chi connectivity index (χ2n) is 3.80. The van der Waals surface area contributed by atoms with E-state index in [0.717, 1.165) is 22.8 Å². The Bertz CT molecular complexity index is 513. The fraction of sp³-hybridized carbons (Fsp3) is 0.125. The Balaban J connectivity index is 2.16. The maximum atomic E-state index is 5.85. The third kappa shape index (κ3) is 2.92. The first-order valence-electron chi connectivity index (χ1n) is 5.87. The lowest BCUT2D eigenvalue weighted by molar-refractivity contribution is 0.413. The van der Waals surface area contributed by atoms with Gasteiger partial charge >= 0.3 is 0 Å². The lowest BCUT2D eigenvalue weighted by atomic mass is 10.2. The molecule has 0 aliphatic heterocycles. The standard InChI is InChI=1S/C16H16O2/c1-3-16(13-7-5-4-6-8-13)18-15-11-9-14(17-2)10-12-15/h3-12H,1-2H3. The number of ether oxygens (including phenoxy) is 2. The third-order valence-corrected chi connectivity index (χ3v) is 2.61. The molecule has 92 valence electrons.